The zero-order chi connectivity index (χ0) is 19.1. The molecule has 8 nitrogen and oxygen atoms in total. The molecule has 0 saturated heterocycles. The maximum absolute atomic E-state index is 12.7. The first kappa shape index (κ1) is 16.1. The van der Waals surface area contributed by atoms with E-state index < -0.39 is 11.8 Å². The van der Waals surface area contributed by atoms with E-state index in [0.717, 1.165) is 10.5 Å². The number of hydrogen-bond acceptors (Lipinski definition) is 6. The van der Waals surface area contributed by atoms with Crippen molar-refractivity contribution in [3.63, 3.8) is 0 Å². The Morgan fingerprint density at radius 2 is 1.50 bits per heavy atom. The van der Waals surface area contributed by atoms with Crippen molar-refractivity contribution in [2.24, 2.45) is 0 Å². The molecule has 0 unspecified atom stereocenters. The standard InChI is InChI=1S/C20H13N5O3/c26-19-14-8-4-5-9-15(14)20(27)25(19)18-16-17(21-11-22-18)24(12-23-16)28-10-13-6-2-1-3-7-13/h1-9,11-12H,10H2. The Hall–Kier alpha value is -4.07. The van der Waals surface area contributed by atoms with Gasteiger partial charge < -0.3 is 4.84 Å². The van der Waals surface area contributed by atoms with Crippen molar-refractivity contribution in [1.82, 2.24) is 19.7 Å². The van der Waals surface area contributed by atoms with Gasteiger partial charge in [-0.15, -0.1) is 0 Å². The van der Waals surface area contributed by atoms with E-state index in [-0.39, 0.29) is 5.82 Å². The van der Waals surface area contributed by atoms with Gasteiger partial charge in [-0.2, -0.15) is 4.73 Å². The Morgan fingerprint density at radius 3 is 2.21 bits per heavy atom. The third-order valence-corrected chi connectivity index (χ3v) is 4.50. The molecule has 2 amide bonds. The van der Waals surface area contributed by atoms with Gasteiger partial charge in [-0.05, 0) is 17.7 Å². The number of amides is 2. The molecule has 2 aromatic heterocycles. The summed E-state index contributed by atoms with van der Waals surface area (Å²) in [4.78, 5) is 44.9. The van der Waals surface area contributed by atoms with Crippen molar-refractivity contribution in [1.29, 1.82) is 0 Å². The molecule has 0 bridgehead atoms. The van der Waals surface area contributed by atoms with Crippen molar-refractivity contribution >= 4 is 28.8 Å². The van der Waals surface area contributed by atoms with Crippen molar-refractivity contribution in [3.8, 4) is 0 Å². The lowest BCUT2D eigenvalue weighted by Crippen LogP contribution is -2.30. The van der Waals surface area contributed by atoms with E-state index >= 15 is 0 Å². The van der Waals surface area contributed by atoms with Gasteiger partial charge in [0.2, 0.25) is 5.65 Å². The van der Waals surface area contributed by atoms with E-state index in [9.17, 15) is 9.59 Å². The average Bonchev–Trinajstić information content (AvgIpc) is 3.27. The molecule has 0 saturated carbocycles. The third kappa shape index (κ3) is 2.43. The van der Waals surface area contributed by atoms with Gasteiger partial charge in [-0.3, -0.25) is 9.59 Å². The quantitative estimate of drug-likeness (QED) is 0.511. The number of benzene rings is 2. The molecule has 3 heterocycles. The van der Waals surface area contributed by atoms with Crippen LogP contribution in [0.25, 0.3) is 11.2 Å². The highest BCUT2D eigenvalue weighted by molar-refractivity contribution is 6.35. The highest BCUT2D eigenvalue weighted by Gasteiger charge is 2.38. The molecular formula is C20H13N5O3. The number of rotatable bonds is 4. The fourth-order valence-electron chi connectivity index (χ4n) is 3.16. The number of nitrogens with zero attached hydrogens (tertiary/aromatic N) is 5. The highest BCUT2D eigenvalue weighted by atomic mass is 16.7. The maximum Gasteiger partial charge on any atom is 0.267 e. The highest BCUT2D eigenvalue weighted by Crippen LogP contribution is 2.30. The van der Waals surface area contributed by atoms with E-state index in [1.807, 2.05) is 30.3 Å². The van der Waals surface area contributed by atoms with Crippen LogP contribution in [0.4, 0.5) is 5.82 Å². The van der Waals surface area contributed by atoms with E-state index in [4.69, 9.17) is 4.84 Å². The number of hydrogen-bond donors (Lipinski definition) is 0. The molecule has 0 aliphatic carbocycles. The molecule has 0 atom stereocenters. The molecule has 5 rings (SSSR count). The van der Waals surface area contributed by atoms with Crippen LogP contribution in [0, 0.1) is 0 Å². The molecule has 0 N–H and O–H groups in total. The first-order valence-electron chi connectivity index (χ1n) is 8.57. The van der Waals surface area contributed by atoms with Crippen LogP contribution >= 0.6 is 0 Å². The summed E-state index contributed by atoms with van der Waals surface area (Å²) < 4.78 is 1.41. The first-order chi connectivity index (χ1) is 13.7. The maximum atomic E-state index is 12.7. The molecule has 0 fully saturated rings. The lowest BCUT2D eigenvalue weighted by atomic mass is 10.1. The molecule has 4 aromatic rings. The second-order valence-corrected chi connectivity index (χ2v) is 6.19. The molecule has 0 spiro atoms. The van der Waals surface area contributed by atoms with Crippen LogP contribution in [0.3, 0.4) is 0 Å². The van der Waals surface area contributed by atoms with Gasteiger partial charge in [-0.1, -0.05) is 42.5 Å². The molecular weight excluding hydrogens is 358 g/mol. The summed E-state index contributed by atoms with van der Waals surface area (Å²) >= 11 is 0. The smallest absolute Gasteiger partial charge is 0.267 e. The lowest BCUT2D eigenvalue weighted by molar-refractivity contribution is 0.0925. The van der Waals surface area contributed by atoms with Crippen LogP contribution in [0.5, 0.6) is 0 Å². The number of imide groups is 1. The predicted molar refractivity (Wildman–Crippen MR) is 99.6 cm³/mol. The van der Waals surface area contributed by atoms with Crippen LogP contribution in [0.15, 0.2) is 67.3 Å². The lowest BCUT2D eigenvalue weighted by Gasteiger charge is -2.13. The van der Waals surface area contributed by atoms with Crippen molar-refractivity contribution in [2.45, 2.75) is 6.61 Å². The molecule has 136 valence electrons. The van der Waals surface area contributed by atoms with Gasteiger partial charge in [-0.25, -0.2) is 19.9 Å². The zero-order valence-corrected chi connectivity index (χ0v) is 14.5. The summed E-state index contributed by atoms with van der Waals surface area (Å²) in [6.07, 6.45) is 2.73. The van der Waals surface area contributed by atoms with Crippen LogP contribution < -0.4 is 9.74 Å². The Kier molecular flexibility index (Phi) is 3.61. The Bertz CT molecular complexity index is 1180. The van der Waals surface area contributed by atoms with Crippen molar-refractivity contribution < 1.29 is 14.4 Å². The van der Waals surface area contributed by atoms with Gasteiger partial charge in [0.05, 0.1) is 11.1 Å². The average molecular weight is 371 g/mol. The van der Waals surface area contributed by atoms with Crippen LogP contribution in [0.1, 0.15) is 26.3 Å². The van der Waals surface area contributed by atoms with E-state index in [1.54, 1.807) is 24.3 Å². The molecule has 8 heteroatoms. The molecule has 1 aliphatic rings. The summed E-state index contributed by atoms with van der Waals surface area (Å²) in [7, 11) is 0. The SMILES string of the molecule is O=C1c2ccccc2C(=O)N1c1ncnc2c1ncn2OCc1ccccc1. The number of aromatic nitrogens is 4. The Balaban J connectivity index is 1.51. The Labute approximate surface area is 159 Å². The fraction of sp³-hybridized carbons (Fsp3) is 0.0500. The Morgan fingerprint density at radius 1 is 0.821 bits per heavy atom. The van der Waals surface area contributed by atoms with Gasteiger partial charge in [0.15, 0.2) is 11.3 Å². The van der Waals surface area contributed by atoms with Crippen molar-refractivity contribution in [3.05, 3.63) is 83.9 Å². The summed E-state index contributed by atoms with van der Waals surface area (Å²) in [5, 5.41) is 0. The number of imidazole rings is 1. The number of fused-ring (bicyclic) bond motifs is 2. The molecule has 1 aliphatic heterocycles. The summed E-state index contributed by atoms with van der Waals surface area (Å²) in [5.41, 5.74) is 2.36. The molecule has 2 aromatic carbocycles. The summed E-state index contributed by atoms with van der Waals surface area (Å²) in [6, 6.07) is 16.3. The van der Waals surface area contributed by atoms with E-state index in [1.165, 1.54) is 17.4 Å². The van der Waals surface area contributed by atoms with Crippen LogP contribution in [-0.4, -0.2) is 31.5 Å². The van der Waals surface area contributed by atoms with Gasteiger partial charge >= 0.3 is 0 Å². The van der Waals surface area contributed by atoms with E-state index in [0.29, 0.717) is 28.9 Å². The first-order valence-corrected chi connectivity index (χ1v) is 8.57. The minimum atomic E-state index is -0.430. The summed E-state index contributed by atoms with van der Waals surface area (Å²) in [5.74, 6) is -0.723. The zero-order valence-electron chi connectivity index (χ0n) is 14.5. The minimum Gasteiger partial charge on any atom is -0.406 e. The third-order valence-electron chi connectivity index (χ3n) is 4.50. The van der Waals surface area contributed by atoms with Gasteiger partial charge in [0, 0.05) is 0 Å². The fourth-order valence-corrected chi connectivity index (χ4v) is 3.16. The number of carbonyl (C=O) groups is 2. The minimum absolute atomic E-state index is 0.137. The van der Waals surface area contributed by atoms with Crippen LogP contribution in [-0.2, 0) is 6.61 Å². The predicted octanol–water partition coefficient (Wildman–Crippen LogP) is 2.26. The molecule has 28 heavy (non-hydrogen) atoms. The molecule has 0 radical (unpaired) electrons. The largest absolute Gasteiger partial charge is 0.406 e. The second-order valence-electron chi connectivity index (χ2n) is 6.19. The second kappa shape index (κ2) is 6.27. The number of carbonyl (C=O) groups excluding carboxylic acids is 2. The normalized spacial score (nSPS) is 13.2. The van der Waals surface area contributed by atoms with Crippen LogP contribution in [0.2, 0.25) is 0 Å². The van der Waals surface area contributed by atoms with Gasteiger partial charge in [0.25, 0.3) is 11.8 Å². The monoisotopic (exact) mass is 371 g/mol. The summed E-state index contributed by atoms with van der Waals surface area (Å²) in [6.45, 7) is 0.318. The van der Waals surface area contributed by atoms with Crippen molar-refractivity contribution in [2.75, 3.05) is 4.90 Å². The van der Waals surface area contributed by atoms with Gasteiger partial charge in [0.1, 0.15) is 19.3 Å². The number of anilines is 1. The topological polar surface area (TPSA) is 90.2 Å². The van der Waals surface area contributed by atoms with E-state index in [2.05, 4.69) is 15.0 Å².